The Labute approximate surface area is 387 Å². The van der Waals surface area contributed by atoms with Gasteiger partial charge in [0.1, 0.15) is 12.6 Å². The Hall–Kier alpha value is -6.16. The van der Waals surface area contributed by atoms with Crippen molar-refractivity contribution in [1.29, 1.82) is 0 Å². The molecule has 0 spiro atoms. The van der Waals surface area contributed by atoms with Gasteiger partial charge in [-0.2, -0.15) is 0 Å². The van der Waals surface area contributed by atoms with Crippen LogP contribution in [0, 0.1) is 17.7 Å². The third kappa shape index (κ3) is 9.84. The first kappa shape index (κ1) is 46.4. The van der Waals surface area contributed by atoms with Gasteiger partial charge in [-0.15, -0.1) is 0 Å². The average molecular weight is 921 g/mol. The number of ether oxygens (including phenoxy) is 2. The van der Waals surface area contributed by atoms with E-state index < -0.39 is 41.4 Å². The van der Waals surface area contributed by atoms with Gasteiger partial charge in [-0.05, 0) is 98.4 Å². The number of hydrogen-bond donors (Lipinski definition) is 4. The lowest BCUT2D eigenvalue weighted by molar-refractivity contribution is -0.136. The molecule has 3 heterocycles. The standard InChI is InChI=1S/C50H54ClFN6O8/c1-65-24-25-66-41-18-15-34(46(53)60)43(45(41)52)36-26-32(12-16-38(36)51)37(30-6-3-2-4-7-30)28-54-33-13-10-31(11-14-33)47(61)55-27-29-20-22-57(23-21-29)39-9-5-8-35-44(39)50(64)58(49(35)63)40-17-19-42(59)56-48(40)62/h2-9,12,15-16,18,26,29,31,33,37,40,54H,10-11,13-14,17,19-25,27-28H2,1H3,(H2,53,60)(H,55,61)(H,56,59,62). The van der Waals surface area contributed by atoms with Crippen molar-refractivity contribution < 1.29 is 42.6 Å². The van der Waals surface area contributed by atoms with Crippen LogP contribution in [0.2, 0.25) is 5.02 Å². The van der Waals surface area contributed by atoms with Crippen LogP contribution in [0.5, 0.6) is 5.75 Å². The summed E-state index contributed by atoms with van der Waals surface area (Å²) in [7, 11) is 1.52. The minimum atomic E-state index is -1.02. The van der Waals surface area contributed by atoms with Crippen LogP contribution in [0.15, 0.2) is 78.9 Å². The van der Waals surface area contributed by atoms with E-state index in [0.717, 1.165) is 54.6 Å². The third-order valence-corrected chi connectivity index (χ3v) is 13.8. The zero-order chi connectivity index (χ0) is 46.5. The largest absolute Gasteiger partial charge is 0.488 e. The summed E-state index contributed by atoms with van der Waals surface area (Å²) in [6.07, 6.45) is 4.84. The second-order valence-corrected chi connectivity index (χ2v) is 17.9. The maximum atomic E-state index is 16.2. The van der Waals surface area contributed by atoms with Crippen molar-refractivity contribution in [1.82, 2.24) is 20.9 Å². The number of methoxy groups -OCH3 is 1. The molecule has 2 atom stereocenters. The van der Waals surface area contributed by atoms with Gasteiger partial charge < -0.3 is 30.7 Å². The molecule has 6 amide bonds. The summed E-state index contributed by atoms with van der Waals surface area (Å²) < 4.78 is 26.8. The van der Waals surface area contributed by atoms with E-state index in [1.807, 2.05) is 48.5 Å². The van der Waals surface area contributed by atoms with Crippen LogP contribution in [0.3, 0.4) is 0 Å². The van der Waals surface area contributed by atoms with Gasteiger partial charge in [0.25, 0.3) is 11.8 Å². The van der Waals surface area contributed by atoms with Crippen molar-refractivity contribution in [2.45, 2.75) is 69.4 Å². The van der Waals surface area contributed by atoms with Gasteiger partial charge in [-0.3, -0.25) is 39.0 Å². The van der Waals surface area contributed by atoms with Crippen LogP contribution >= 0.6 is 11.6 Å². The Bertz CT molecular complexity index is 2510. The molecule has 8 rings (SSSR count). The van der Waals surface area contributed by atoms with Crippen LogP contribution in [0.1, 0.15) is 99.5 Å². The van der Waals surface area contributed by atoms with Crippen molar-refractivity contribution in [3.63, 3.8) is 0 Å². The summed E-state index contributed by atoms with van der Waals surface area (Å²) in [4.78, 5) is 80.5. The second-order valence-electron chi connectivity index (χ2n) is 17.5. The van der Waals surface area contributed by atoms with Gasteiger partial charge in [0.05, 0.1) is 29.0 Å². The van der Waals surface area contributed by atoms with Crippen LogP contribution in [0.4, 0.5) is 10.1 Å². The number of imide groups is 2. The van der Waals surface area contributed by atoms with E-state index >= 15 is 4.39 Å². The number of nitrogens with two attached hydrogens (primary N) is 1. The number of piperidine rings is 2. The monoisotopic (exact) mass is 920 g/mol. The fraction of sp³-hybridized carbons (Fsp3) is 0.400. The minimum Gasteiger partial charge on any atom is -0.488 e. The lowest BCUT2D eigenvalue weighted by atomic mass is 9.84. The number of primary amides is 1. The van der Waals surface area contributed by atoms with Crippen LogP contribution in [-0.2, 0) is 19.1 Å². The number of halogens is 2. The van der Waals surface area contributed by atoms with Crippen LogP contribution in [-0.4, -0.2) is 98.9 Å². The fourth-order valence-corrected chi connectivity index (χ4v) is 10.0. The van der Waals surface area contributed by atoms with Gasteiger partial charge in [0, 0.05) is 73.7 Å². The van der Waals surface area contributed by atoms with Crippen molar-refractivity contribution in [3.05, 3.63) is 118 Å². The predicted octanol–water partition coefficient (Wildman–Crippen LogP) is 5.98. The molecule has 3 fully saturated rings. The summed E-state index contributed by atoms with van der Waals surface area (Å²) in [5.74, 6) is -3.64. The SMILES string of the molecule is COCCOc1ccc(C(N)=O)c(-c2cc(C(CNC3CCC(C(=O)NCC4CCN(c5cccc6c5C(=O)N(C5CCC(=O)NC5=O)C6=O)CC4)CC3)c3ccccc3)ccc2Cl)c1F. The lowest BCUT2D eigenvalue weighted by Crippen LogP contribution is -2.54. The highest BCUT2D eigenvalue weighted by Crippen LogP contribution is 2.40. The molecule has 2 saturated heterocycles. The van der Waals surface area contributed by atoms with Gasteiger partial charge in [-0.25, -0.2) is 4.39 Å². The quantitative estimate of drug-likeness (QED) is 0.0769. The van der Waals surface area contributed by atoms with Gasteiger partial charge in [0.15, 0.2) is 11.6 Å². The fourth-order valence-electron chi connectivity index (χ4n) is 9.81. The molecule has 4 aromatic rings. The molecule has 0 radical (unpaired) electrons. The molecule has 4 aliphatic rings. The van der Waals surface area contributed by atoms with Crippen molar-refractivity contribution in [2.75, 3.05) is 51.4 Å². The molecule has 346 valence electrons. The molecule has 14 nitrogen and oxygen atoms in total. The number of rotatable bonds is 16. The minimum absolute atomic E-state index is 0.0155. The molecule has 1 saturated carbocycles. The highest BCUT2D eigenvalue weighted by atomic mass is 35.5. The summed E-state index contributed by atoms with van der Waals surface area (Å²) in [6, 6.07) is 22.6. The number of carbonyl (C=O) groups is 6. The first-order valence-electron chi connectivity index (χ1n) is 22.6. The highest BCUT2D eigenvalue weighted by Gasteiger charge is 2.46. The van der Waals surface area contributed by atoms with Crippen LogP contribution in [0.25, 0.3) is 11.1 Å². The second kappa shape index (κ2) is 20.6. The lowest BCUT2D eigenvalue weighted by Gasteiger charge is -2.35. The summed E-state index contributed by atoms with van der Waals surface area (Å²) in [6.45, 7) is 2.74. The van der Waals surface area contributed by atoms with E-state index in [-0.39, 0.29) is 88.8 Å². The number of nitrogens with zero attached hydrogens (tertiary/aromatic N) is 2. The predicted molar refractivity (Wildman–Crippen MR) is 246 cm³/mol. The Morgan fingerprint density at radius 2 is 1.61 bits per heavy atom. The number of amides is 6. The highest BCUT2D eigenvalue weighted by molar-refractivity contribution is 6.33. The van der Waals surface area contributed by atoms with E-state index in [0.29, 0.717) is 37.4 Å². The van der Waals surface area contributed by atoms with Crippen molar-refractivity contribution in [3.8, 4) is 16.9 Å². The van der Waals surface area contributed by atoms with Gasteiger partial charge in [-0.1, -0.05) is 54.1 Å². The number of benzene rings is 4. The molecule has 2 unspecified atom stereocenters. The first-order valence-corrected chi connectivity index (χ1v) is 23.0. The number of anilines is 1. The van der Waals surface area contributed by atoms with Gasteiger partial charge in [0.2, 0.25) is 23.6 Å². The maximum absolute atomic E-state index is 16.2. The van der Waals surface area contributed by atoms with E-state index in [9.17, 15) is 28.8 Å². The van der Waals surface area contributed by atoms with E-state index in [4.69, 9.17) is 26.8 Å². The van der Waals surface area contributed by atoms with Gasteiger partial charge >= 0.3 is 0 Å². The molecule has 1 aliphatic carbocycles. The number of nitrogens with one attached hydrogen (secondary N) is 3. The average Bonchev–Trinajstić information content (AvgIpc) is 3.58. The molecule has 4 aromatic carbocycles. The molecule has 5 N–H and O–H groups in total. The third-order valence-electron chi connectivity index (χ3n) is 13.5. The number of carbonyl (C=O) groups excluding carboxylic acids is 6. The Morgan fingerprint density at radius 1 is 0.848 bits per heavy atom. The molecule has 16 heteroatoms. The Morgan fingerprint density at radius 3 is 2.32 bits per heavy atom. The maximum Gasteiger partial charge on any atom is 0.264 e. The molecule has 0 aromatic heterocycles. The van der Waals surface area contributed by atoms with Crippen LogP contribution < -0.4 is 31.3 Å². The van der Waals surface area contributed by atoms with E-state index in [2.05, 4.69) is 20.9 Å². The number of fused-ring (bicyclic) bond motifs is 1. The Kier molecular flexibility index (Phi) is 14.4. The summed E-state index contributed by atoms with van der Waals surface area (Å²) >= 11 is 6.73. The zero-order valence-corrected chi connectivity index (χ0v) is 37.5. The molecular weight excluding hydrogens is 867 g/mol. The summed E-state index contributed by atoms with van der Waals surface area (Å²) in [5, 5.41) is 9.47. The van der Waals surface area contributed by atoms with E-state index in [1.165, 1.54) is 19.2 Å². The molecule has 66 heavy (non-hydrogen) atoms. The normalized spacial score (nSPS) is 20.5. The van der Waals surface area contributed by atoms with E-state index in [1.54, 1.807) is 18.2 Å². The molecule has 3 aliphatic heterocycles. The van der Waals surface area contributed by atoms with Crippen molar-refractivity contribution in [2.24, 2.45) is 17.6 Å². The number of hydrogen-bond acceptors (Lipinski definition) is 10. The first-order chi connectivity index (χ1) is 31.9. The Balaban J connectivity index is 0.850. The summed E-state index contributed by atoms with van der Waals surface area (Å²) in [5.41, 5.74) is 9.12. The molecule has 0 bridgehead atoms. The smallest absolute Gasteiger partial charge is 0.264 e. The topological polar surface area (TPSA) is 189 Å². The molecular formula is C50H54ClFN6O8. The van der Waals surface area contributed by atoms with Crippen molar-refractivity contribution >= 4 is 52.7 Å². The zero-order valence-electron chi connectivity index (χ0n) is 36.8.